The van der Waals surface area contributed by atoms with E-state index in [1.165, 1.54) is 9.80 Å². The third kappa shape index (κ3) is 5.20. The van der Waals surface area contributed by atoms with E-state index in [0.717, 1.165) is 0 Å². The van der Waals surface area contributed by atoms with Crippen LogP contribution in [0.3, 0.4) is 0 Å². The summed E-state index contributed by atoms with van der Waals surface area (Å²) in [5, 5.41) is 0. The van der Waals surface area contributed by atoms with E-state index in [9.17, 15) is 14.4 Å². The maximum atomic E-state index is 12.3. The van der Waals surface area contributed by atoms with Gasteiger partial charge in [0.1, 0.15) is 5.75 Å². The largest absolute Gasteiger partial charge is 0.497 e. The molecule has 144 valence electrons. The van der Waals surface area contributed by atoms with Gasteiger partial charge in [-0.1, -0.05) is 18.2 Å². The van der Waals surface area contributed by atoms with Crippen LogP contribution in [0.4, 0.5) is 5.69 Å². The molecule has 1 aromatic carbocycles. The van der Waals surface area contributed by atoms with Gasteiger partial charge >= 0.3 is 5.97 Å². The van der Waals surface area contributed by atoms with Crippen LogP contribution in [0.5, 0.6) is 5.75 Å². The van der Waals surface area contributed by atoms with E-state index in [1.54, 1.807) is 43.5 Å². The van der Waals surface area contributed by atoms with Gasteiger partial charge in [-0.05, 0) is 12.1 Å². The SMILES string of the molecule is C=CCN(CC=C)C(=O)COC(=O)C1CC(=O)N(c2cccc(OC)c2)C1. The van der Waals surface area contributed by atoms with Crippen LogP contribution in [0.2, 0.25) is 0 Å². The molecule has 1 aliphatic rings. The number of hydrogen-bond donors (Lipinski definition) is 0. The van der Waals surface area contributed by atoms with Gasteiger partial charge in [-0.15, -0.1) is 13.2 Å². The lowest BCUT2D eigenvalue weighted by atomic mass is 10.1. The van der Waals surface area contributed by atoms with Crippen LogP contribution < -0.4 is 9.64 Å². The van der Waals surface area contributed by atoms with Crippen molar-refractivity contribution >= 4 is 23.5 Å². The van der Waals surface area contributed by atoms with Crippen LogP contribution >= 0.6 is 0 Å². The molecule has 2 amide bonds. The van der Waals surface area contributed by atoms with Gasteiger partial charge in [-0.2, -0.15) is 0 Å². The molecule has 27 heavy (non-hydrogen) atoms. The summed E-state index contributed by atoms with van der Waals surface area (Å²) < 4.78 is 10.3. The Kier molecular flexibility index (Phi) is 7.16. The van der Waals surface area contributed by atoms with Crippen molar-refractivity contribution in [3.8, 4) is 5.75 Å². The highest BCUT2D eigenvalue weighted by molar-refractivity contribution is 5.99. The number of nitrogens with zero attached hydrogens (tertiary/aromatic N) is 2. The lowest BCUT2D eigenvalue weighted by Gasteiger charge is -2.20. The van der Waals surface area contributed by atoms with Crippen molar-refractivity contribution in [3.63, 3.8) is 0 Å². The summed E-state index contributed by atoms with van der Waals surface area (Å²) in [6, 6.07) is 7.07. The molecular weight excluding hydrogens is 348 g/mol. The van der Waals surface area contributed by atoms with E-state index >= 15 is 0 Å². The monoisotopic (exact) mass is 372 g/mol. The number of benzene rings is 1. The predicted octanol–water partition coefficient (Wildman–Crippen LogP) is 1.79. The Hall–Kier alpha value is -3.09. The molecule has 1 aromatic rings. The Morgan fingerprint density at radius 2 is 2.00 bits per heavy atom. The molecule has 1 heterocycles. The summed E-state index contributed by atoms with van der Waals surface area (Å²) in [6.07, 6.45) is 3.23. The first-order valence-electron chi connectivity index (χ1n) is 8.60. The summed E-state index contributed by atoms with van der Waals surface area (Å²) in [7, 11) is 1.55. The van der Waals surface area contributed by atoms with E-state index in [0.29, 0.717) is 24.5 Å². The van der Waals surface area contributed by atoms with Gasteiger partial charge in [-0.3, -0.25) is 14.4 Å². The van der Waals surface area contributed by atoms with Crippen molar-refractivity contribution in [2.45, 2.75) is 6.42 Å². The van der Waals surface area contributed by atoms with E-state index < -0.39 is 11.9 Å². The highest BCUT2D eigenvalue weighted by Gasteiger charge is 2.36. The first-order chi connectivity index (χ1) is 13.0. The molecule has 0 N–H and O–H groups in total. The third-order valence-corrected chi connectivity index (χ3v) is 4.21. The van der Waals surface area contributed by atoms with Gasteiger partial charge in [0.25, 0.3) is 5.91 Å². The van der Waals surface area contributed by atoms with E-state index in [4.69, 9.17) is 9.47 Å². The minimum absolute atomic E-state index is 0.0489. The van der Waals surface area contributed by atoms with Gasteiger partial charge in [-0.25, -0.2) is 0 Å². The maximum Gasteiger partial charge on any atom is 0.311 e. The minimum Gasteiger partial charge on any atom is -0.497 e. The van der Waals surface area contributed by atoms with Crippen molar-refractivity contribution in [3.05, 3.63) is 49.6 Å². The number of amides is 2. The zero-order valence-corrected chi connectivity index (χ0v) is 15.4. The van der Waals surface area contributed by atoms with Gasteiger partial charge in [0.05, 0.1) is 13.0 Å². The van der Waals surface area contributed by atoms with Crippen LogP contribution in [0.15, 0.2) is 49.6 Å². The van der Waals surface area contributed by atoms with Crippen LogP contribution in [-0.4, -0.2) is 56.0 Å². The summed E-state index contributed by atoms with van der Waals surface area (Å²) in [4.78, 5) is 39.7. The number of carbonyl (C=O) groups is 3. The lowest BCUT2D eigenvalue weighted by molar-refractivity contribution is -0.154. The fourth-order valence-corrected chi connectivity index (χ4v) is 2.83. The Bertz CT molecular complexity index is 721. The molecule has 2 rings (SSSR count). The van der Waals surface area contributed by atoms with Gasteiger partial charge in [0.2, 0.25) is 5.91 Å². The van der Waals surface area contributed by atoms with Gasteiger partial charge in [0, 0.05) is 37.8 Å². The topological polar surface area (TPSA) is 76.2 Å². The molecular formula is C20H24N2O5. The first-order valence-corrected chi connectivity index (χ1v) is 8.60. The quantitative estimate of drug-likeness (QED) is 0.488. The molecule has 0 bridgehead atoms. The standard InChI is InChI=1S/C20H24N2O5/c1-4-9-21(10-5-2)19(24)14-27-20(25)15-11-18(23)22(13-15)16-7-6-8-17(12-16)26-3/h4-8,12,15H,1-2,9-11,13-14H2,3H3. The smallest absolute Gasteiger partial charge is 0.311 e. The van der Waals surface area contributed by atoms with Crippen molar-refractivity contribution in [1.82, 2.24) is 4.90 Å². The number of methoxy groups -OCH3 is 1. The Morgan fingerprint density at radius 3 is 2.63 bits per heavy atom. The summed E-state index contributed by atoms with van der Waals surface area (Å²) in [5.41, 5.74) is 0.661. The fraction of sp³-hybridized carbons (Fsp3) is 0.350. The van der Waals surface area contributed by atoms with Crippen molar-refractivity contribution < 1.29 is 23.9 Å². The maximum absolute atomic E-state index is 12.3. The third-order valence-electron chi connectivity index (χ3n) is 4.21. The molecule has 1 aliphatic heterocycles. The second kappa shape index (κ2) is 9.56. The molecule has 1 saturated heterocycles. The average molecular weight is 372 g/mol. The molecule has 7 heteroatoms. The zero-order valence-electron chi connectivity index (χ0n) is 15.4. The number of anilines is 1. The normalized spacial score (nSPS) is 16.0. The van der Waals surface area contributed by atoms with Crippen LogP contribution in [-0.2, 0) is 19.1 Å². The molecule has 0 spiro atoms. The molecule has 0 radical (unpaired) electrons. The average Bonchev–Trinajstić information content (AvgIpc) is 3.07. The second-order valence-electron chi connectivity index (χ2n) is 6.09. The summed E-state index contributed by atoms with van der Waals surface area (Å²) in [6.45, 7) is 7.71. The molecule has 0 aromatic heterocycles. The van der Waals surface area contributed by atoms with E-state index in [2.05, 4.69) is 13.2 Å². The highest BCUT2D eigenvalue weighted by atomic mass is 16.5. The number of carbonyl (C=O) groups excluding carboxylic acids is 3. The molecule has 0 aliphatic carbocycles. The molecule has 1 fully saturated rings. The van der Waals surface area contributed by atoms with Crippen molar-refractivity contribution in [2.75, 3.05) is 38.3 Å². The Labute approximate surface area is 158 Å². The van der Waals surface area contributed by atoms with E-state index in [-0.39, 0.29) is 31.4 Å². The lowest BCUT2D eigenvalue weighted by Crippen LogP contribution is -2.36. The Balaban J connectivity index is 1.94. The van der Waals surface area contributed by atoms with E-state index in [1.807, 2.05) is 0 Å². The van der Waals surface area contributed by atoms with Crippen LogP contribution in [0.1, 0.15) is 6.42 Å². The Morgan fingerprint density at radius 1 is 1.30 bits per heavy atom. The summed E-state index contributed by atoms with van der Waals surface area (Å²) in [5.74, 6) is -1.04. The fourth-order valence-electron chi connectivity index (χ4n) is 2.83. The van der Waals surface area contributed by atoms with Gasteiger partial charge < -0.3 is 19.3 Å². The number of ether oxygens (including phenoxy) is 2. The molecule has 7 nitrogen and oxygen atoms in total. The number of hydrogen-bond acceptors (Lipinski definition) is 5. The first kappa shape index (κ1) is 20.2. The number of esters is 1. The second-order valence-corrected chi connectivity index (χ2v) is 6.09. The number of rotatable bonds is 9. The minimum atomic E-state index is -0.608. The van der Waals surface area contributed by atoms with Crippen LogP contribution in [0.25, 0.3) is 0 Å². The molecule has 1 atom stereocenters. The van der Waals surface area contributed by atoms with Crippen molar-refractivity contribution in [2.24, 2.45) is 5.92 Å². The zero-order chi connectivity index (χ0) is 19.8. The molecule has 1 unspecified atom stereocenters. The highest BCUT2D eigenvalue weighted by Crippen LogP contribution is 2.28. The molecule has 0 saturated carbocycles. The predicted molar refractivity (Wildman–Crippen MR) is 101 cm³/mol. The summed E-state index contributed by atoms with van der Waals surface area (Å²) >= 11 is 0. The van der Waals surface area contributed by atoms with Crippen molar-refractivity contribution in [1.29, 1.82) is 0 Å². The van der Waals surface area contributed by atoms with Crippen LogP contribution in [0, 0.1) is 5.92 Å². The van der Waals surface area contributed by atoms with Gasteiger partial charge in [0.15, 0.2) is 6.61 Å².